The fourth-order valence-electron chi connectivity index (χ4n) is 3.23. The third-order valence-electron chi connectivity index (χ3n) is 4.46. The standard InChI is InChI=1S/C18H21BrN2O4/c19-13-3-4-15-12(10-22)8-17(20-16(15)9-13)21-6-1-2-14(21)11-25-7-5-18(23)24/h3-4,8-9,14,22H,1-2,5-7,10-11H2,(H,23,24)/t14-/m0/s1. The molecule has 1 fully saturated rings. The SMILES string of the molecule is O=C(O)CCOC[C@@H]1CCCN1c1cc(CO)c2ccc(Br)cc2n1. The normalized spacial score (nSPS) is 17.4. The van der Waals surface area contributed by atoms with Crippen LogP contribution in [0.15, 0.2) is 28.7 Å². The molecule has 7 heteroatoms. The van der Waals surface area contributed by atoms with Crippen molar-refractivity contribution in [3.63, 3.8) is 0 Å². The van der Waals surface area contributed by atoms with Gasteiger partial charge in [0.1, 0.15) is 5.82 Å². The molecular formula is C18H21BrN2O4. The van der Waals surface area contributed by atoms with E-state index in [-0.39, 0.29) is 25.7 Å². The monoisotopic (exact) mass is 408 g/mol. The zero-order chi connectivity index (χ0) is 17.8. The highest BCUT2D eigenvalue weighted by molar-refractivity contribution is 9.10. The van der Waals surface area contributed by atoms with Gasteiger partial charge in [0.25, 0.3) is 0 Å². The Morgan fingerprint density at radius 2 is 2.24 bits per heavy atom. The molecule has 25 heavy (non-hydrogen) atoms. The van der Waals surface area contributed by atoms with Crippen LogP contribution in [-0.2, 0) is 16.1 Å². The van der Waals surface area contributed by atoms with E-state index in [1.165, 1.54) is 0 Å². The first-order valence-electron chi connectivity index (χ1n) is 8.34. The number of hydrogen-bond donors (Lipinski definition) is 2. The van der Waals surface area contributed by atoms with Crippen molar-refractivity contribution >= 4 is 38.6 Å². The number of halogens is 1. The molecule has 134 valence electrons. The fraction of sp³-hybridized carbons (Fsp3) is 0.444. The van der Waals surface area contributed by atoms with E-state index in [0.717, 1.165) is 46.1 Å². The van der Waals surface area contributed by atoms with Crippen molar-refractivity contribution in [2.24, 2.45) is 0 Å². The van der Waals surface area contributed by atoms with Gasteiger partial charge in [-0.25, -0.2) is 4.98 Å². The number of benzene rings is 1. The van der Waals surface area contributed by atoms with E-state index in [0.29, 0.717) is 6.61 Å². The Kier molecular flexibility index (Phi) is 5.88. The lowest BCUT2D eigenvalue weighted by Gasteiger charge is -2.26. The Morgan fingerprint density at radius 3 is 3.00 bits per heavy atom. The Hall–Kier alpha value is -1.70. The maximum Gasteiger partial charge on any atom is 0.305 e. The molecular weight excluding hydrogens is 388 g/mol. The van der Waals surface area contributed by atoms with Crippen LogP contribution >= 0.6 is 15.9 Å². The lowest BCUT2D eigenvalue weighted by atomic mass is 10.1. The highest BCUT2D eigenvalue weighted by Gasteiger charge is 2.26. The Morgan fingerprint density at radius 1 is 1.40 bits per heavy atom. The minimum atomic E-state index is -0.849. The van der Waals surface area contributed by atoms with Gasteiger partial charge >= 0.3 is 5.97 Å². The van der Waals surface area contributed by atoms with Gasteiger partial charge in [-0.15, -0.1) is 0 Å². The molecule has 0 spiro atoms. The molecule has 1 saturated heterocycles. The second kappa shape index (κ2) is 8.12. The van der Waals surface area contributed by atoms with Crippen LogP contribution < -0.4 is 4.90 Å². The summed E-state index contributed by atoms with van der Waals surface area (Å²) in [5, 5.41) is 19.4. The molecule has 1 aromatic heterocycles. The summed E-state index contributed by atoms with van der Waals surface area (Å²) in [5.74, 6) is -0.0170. The number of pyridine rings is 1. The maximum absolute atomic E-state index is 10.6. The molecule has 6 nitrogen and oxygen atoms in total. The first kappa shape index (κ1) is 18.1. The summed E-state index contributed by atoms with van der Waals surface area (Å²) in [6.07, 6.45) is 2.04. The predicted molar refractivity (Wildman–Crippen MR) is 98.8 cm³/mol. The maximum atomic E-state index is 10.6. The van der Waals surface area contributed by atoms with E-state index in [1.807, 2.05) is 24.3 Å². The number of nitrogens with zero attached hydrogens (tertiary/aromatic N) is 2. The third-order valence-corrected chi connectivity index (χ3v) is 4.95. The first-order valence-corrected chi connectivity index (χ1v) is 9.14. The molecule has 1 aliphatic heterocycles. The molecule has 0 unspecified atom stereocenters. The number of fused-ring (bicyclic) bond motifs is 1. The van der Waals surface area contributed by atoms with Gasteiger partial charge in [0.2, 0.25) is 0 Å². The van der Waals surface area contributed by atoms with Gasteiger partial charge < -0.3 is 19.8 Å². The average molecular weight is 409 g/mol. The van der Waals surface area contributed by atoms with Crippen molar-refractivity contribution in [1.29, 1.82) is 0 Å². The molecule has 2 N–H and O–H groups in total. The molecule has 3 rings (SSSR count). The van der Waals surface area contributed by atoms with E-state index in [9.17, 15) is 9.90 Å². The molecule has 0 radical (unpaired) electrons. The summed E-state index contributed by atoms with van der Waals surface area (Å²) in [6, 6.07) is 7.96. The van der Waals surface area contributed by atoms with Crippen LogP contribution in [-0.4, -0.2) is 47.0 Å². The minimum absolute atomic E-state index is 0.0175. The number of aromatic nitrogens is 1. The average Bonchev–Trinajstić information content (AvgIpc) is 3.05. The van der Waals surface area contributed by atoms with E-state index in [4.69, 9.17) is 14.8 Å². The van der Waals surface area contributed by atoms with E-state index >= 15 is 0 Å². The quantitative estimate of drug-likeness (QED) is 0.685. The van der Waals surface area contributed by atoms with Crippen LogP contribution in [0.2, 0.25) is 0 Å². The number of aliphatic carboxylic acids is 1. The van der Waals surface area contributed by atoms with Crippen LogP contribution in [0.1, 0.15) is 24.8 Å². The number of rotatable bonds is 7. The fourth-order valence-corrected chi connectivity index (χ4v) is 3.57. The number of carboxylic acids is 1. The smallest absolute Gasteiger partial charge is 0.305 e. The van der Waals surface area contributed by atoms with Crippen molar-refractivity contribution in [2.75, 3.05) is 24.7 Å². The summed E-state index contributed by atoms with van der Waals surface area (Å²) in [5.41, 5.74) is 1.69. The van der Waals surface area contributed by atoms with Crippen LogP contribution in [0.4, 0.5) is 5.82 Å². The molecule has 0 bridgehead atoms. The summed E-state index contributed by atoms with van der Waals surface area (Å²) in [4.78, 5) is 17.5. The summed E-state index contributed by atoms with van der Waals surface area (Å²) < 4.78 is 6.48. The molecule has 0 amide bonds. The summed E-state index contributed by atoms with van der Waals surface area (Å²) in [6.45, 7) is 1.55. The summed E-state index contributed by atoms with van der Waals surface area (Å²) >= 11 is 3.47. The highest BCUT2D eigenvalue weighted by atomic mass is 79.9. The molecule has 0 aliphatic carbocycles. The second-order valence-corrected chi connectivity index (χ2v) is 7.08. The van der Waals surface area contributed by atoms with E-state index in [2.05, 4.69) is 20.8 Å². The minimum Gasteiger partial charge on any atom is -0.481 e. The second-order valence-electron chi connectivity index (χ2n) is 6.17. The van der Waals surface area contributed by atoms with Crippen molar-refractivity contribution in [3.05, 3.63) is 34.3 Å². The van der Waals surface area contributed by atoms with Crippen molar-refractivity contribution in [1.82, 2.24) is 4.98 Å². The summed E-state index contributed by atoms with van der Waals surface area (Å²) in [7, 11) is 0. The number of carbonyl (C=O) groups is 1. The third kappa shape index (κ3) is 4.29. The van der Waals surface area contributed by atoms with Crippen molar-refractivity contribution < 1.29 is 19.7 Å². The zero-order valence-electron chi connectivity index (χ0n) is 13.8. The number of anilines is 1. The van der Waals surface area contributed by atoms with E-state index in [1.54, 1.807) is 0 Å². The lowest BCUT2D eigenvalue weighted by Crippen LogP contribution is -2.34. The Balaban J connectivity index is 1.80. The van der Waals surface area contributed by atoms with Gasteiger partial charge in [0.15, 0.2) is 0 Å². The Bertz CT molecular complexity index is 768. The van der Waals surface area contributed by atoms with Gasteiger partial charge in [-0.3, -0.25) is 4.79 Å². The number of ether oxygens (including phenoxy) is 1. The van der Waals surface area contributed by atoms with Crippen LogP contribution in [0.5, 0.6) is 0 Å². The molecule has 1 atom stereocenters. The number of hydrogen-bond acceptors (Lipinski definition) is 5. The highest BCUT2D eigenvalue weighted by Crippen LogP contribution is 2.30. The van der Waals surface area contributed by atoms with Crippen LogP contribution in [0.25, 0.3) is 10.9 Å². The number of aliphatic hydroxyl groups is 1. The van der Waals surface area contributed by atoms with Crippen molar-refractivity contribution in [3.8, 4) is 0 Å². The topological polar surface area (TPSA) is 82.9 Å². The molecule has 1 aliphatic rings. The van der Waals surface area contributed by atoms with Gasteiger partial charge in [-0.1, -0.05) is 22.0 Å². The van der Waals surface area contributed by atoms with Gasteiger partial charge in [-0.05, 0) is 36.6 Å². The molecule has 2 heterocycles. The number of carboxylic acid groups (broad SMARTS) is 1. The largest absolute Gasteiger partial charge is 0.481 e. The first-order chi connectivity index (χ1) is 12.1. The lowest BCUT2D eigenvalue weighted by molar-refractivity contribution is -0.138. The van der Waals surface area contributed by atoms with Crippen LogP contribution in [0.3, 0.4) is 0 Å². The molecule has 2 aromatic rings. The van der Waals surface area contributed by atoms with Crippen LogP contribution in [0, 0.1) is 0 Å². The van der Waals surface area contributed by atoms with E-state index < -0.39 is 5.97 Å². The number of aliphatic hydroxyl groups excluding tert-OH is 1. The Labute approximate surface area is 154 Å². The van der Waals surface area contributed by atoms with Gasteiger partial charge in [0, 0.05) is 16.4 Å². The van der Waals surface area contributed by atoms with Gasteiger partial charge in [0.05, 0.1) is 37.8 Å². The zero-order valence-corrected chi connectivity index (χ0v) is 15.4. The molecule has 1 aromatic carbocycles. The van der Waals surface area contributed by atoms with Crippen molar-refractivity contribution in [2.45, 2.75) is 31.9 Å². The van der Waals surface area contributed by atoms with Gasteiger partial charge in [-0.2, -0.15) is 0 Å². The molecule has 0 saturated carbocycles. The predicted octanol–water partition coefficient (Wildman–Crippen LogP) is 2.95.